The first kappa shape index (κ1) is 12.6. The van der Waals surface area contributed by atoms with E-state index in [1.807, 2.05) is 18.3 Å². The highest BCUT2D eigenvalue weighted by molar-refractivity contribution is 8.14. The third kappa shape index (κ3) is 3.06. The summed E-state index contributed by atoms with van der Waals surface area (Å²) in [5.74, 6) is 0.960. The van der Waals surface area contributed by atoms with Crippen LogP contribution in [0.25, 0.3) is 0 Å². The van der Waals surface area contributed by atoms with Gasteiger partial charge in [0.2, 0.25) is 6.19 Å². The van der Waals surface area contributed by atoms with Gasteiger partial charge in [-0.1, -0.05) is 41.0 Å². The summed E-state index contributed by atoms with van der Waals surface area (Å²) in [7, 11) is 0. The fourth-order valence-electron chi connectivity index (χ4n) is 1.58. The lowest BCUT2D eigenvalue weighted by atomic mass is 10.2. The van der Waals surface area contributed by atoms with Crippen molar-refractivity contribution in [2.45, 2.75) is 6.54 Å². The Bertz CT molecular complexity index is 496. The molecule has 6 heteroatoms. The zero-order chi connectivity index (χ0) is 12.3. The van der Waals surface area contributed by atoms with Gasteiger partial charge in [0, 0.05) is 18.8 Å². The molecule has 1 aliphatic heterocycles. The van der Waals surface area contributed by atoms with Crippen LogP contribution in [0.1, 0.15) is 5.56 Å². The molecule has 1 heterocycles. The molecule has 1 saturated heterocycles. The molecule has 0 amide bonds. The van der Waals surface area contributed by atoms with E-state index < -0.39 is 0 Å². The fraction of sp³-hybridized carbons (Fsp3) is 0.273. The van der Waals surface area contributed by atoms with E-state index in [0.29, 0.717) is 16.6 Å². The van der Waals surface area contributed by atoms with Crippen molar-refractivity contribution >= 4 is 40.1 Å². The van der Waals surface area contributed by atoms with E-state index in [4.69, 9.17) is 28.5 Å². The highest BCUT2D eigenvalue weighted by Crippen LogP contribution is 2.25. The van der Waals surface area contributed by atoms with E-state index in [1.54, 1.807) is 17.8 Å². The van der Waals surface area contributed by atoms with E-state index in [9.17, 15) is 0 Å². The van der Waals surface area contributed by atoms with Crippen molar-refractivity contribution in [3.05, 3.63) is 33.8 Å². The van der Waals surface area contributed by atoms with Gasteiger partial charge in [0.15, 0.2) is 5.17 Å². The Morgan fingerprint density at radius 2 is 2.24 bits per heavy atom. The zero-order valence-electron chi connectivity index (χ0n) is 8.86. The Kier molecular flexibility index (Phi) is 4.16. The quantitative estimate of drug-likeness (QED) is 0.782. The molecule has 1 aromatic carbocycles. The van der Waals surface area contributed by atoms with Crippen LogP contribution in [0.5, 0.6) is 0 Å². The largest absolute Gasteiger partial charge is 0.345 e. The lowest BCUT2D eigenvalue weighted by Crippen LogP contribution is -2.23. The van der Waals surface area contributed by atoms with Crippen LogP contribution in [0.2, 0.25) is 10.0 Å². The SMILES string of the molecule is N#C/N=C1/SCCN1Cc1ccc(Cl)c(Cl)c1. The molecule has 0 aliphatic carbocycles. The van der Waals surface area contributed by atoms with Gasteiger partial charge in [0.1, 0.15) is 0 Å². The number of benzene rings is 1. The minimum atomic E-state index is 0.551. The Hall–Kier alpha value is -0.890. The number of aliphatic imine (C=N–C) groups is 1. The van der Waals surface area contributed by atoms with E-state index in [2.05, 4.69) is 9.89 Å². The maximum absolute atomic E-state index is 8.57. The molecular weight excluding hydrogens is 277 g/mol. The van der Waals surface area contributed by atoms with Crippen molar-refractivity contribution in [3.63, 3.8) is 0 Å². The van der Waals surface area contributed by atoms with Crippen molar-refractivity contribution in [1.82, 2.24) is 4.90 Å². The number of halogens is 2. The molecule has 0 bridgehead atoms. The highest BCUT2D eigenvalue weighted by atomic mass is 35.5. The van der Waals surface area contributed by atoms with Gasteiger partial charge in [-0.3, -0.25) is 0 Å². The molecule has 1 aliphatic rings. The van der Waals surface area contributed by atoms with Crippen LogP contribution in [-0.2, 0) is 6.54 Å². The second-order valence-electron chi connectivity index (χ2n) is 3.51. The average Bonchev–Trinajstić information content (AvgIpc) is 2.72. The normalized spacial score (nSPS) is 17.5. The van der Waals surface area contributed by atoms with Crippen molar-refractivity contribution in [1.29, 1.82) is 5.26 Å². The van der Waals surface area contributed by atoms with Crippen LogP contribution >= 0.6 is 35.0 Å². The second-order valence-corrected chi connectivity index (χ2v) is 5.39. The van der Waals surface area contributed by atoms with Gasteiger partial charge in [0.05, 0.1) is 10.0 Å². The number of hydrogen-bond acceptors (Lipinski definition) is 3. The number of thioether (sulfide) groups is 1. The smallest absolute Gasteiger partial charge is 0.208 e. The summed E-state index contributed by atoms with van der Waals surface area (Å²) in [5.41, 5.74) is 1.06. The second kappa shape index (κ2) is 5.63. The van der Waals surface area contributed by atoms with E-state index in [0.717, 1.165) is 23.0 Å². The maximum Gasteiger partial charge on any atom is 0.208 e. The molecule has 3 nitrogen and oxygen atoms in total. The first-order valence-electron chi connectivity index (χ1n) is 4.99. The fourth-order valence-corrected chi connectivity index (χ4v) is 2.84. The van der Waals surface area contributed by atoms with E-state index in [-0.39, 0.29) is 0 Å². The molecule has 88 valence electrons. The lowest BCUT2D eigenvalue weighted by Gasteiger charge is -2.17. The standard InChI is InChI=1S/C11H9Cl2N3S/c12-9-2-1-8(5-10(9)13)6-16-3-4-17-11(16)15-7-14/h1-2,5H,3-4,6H2/b15-11+. The molecular formula is C11H9Cl2N3S. The Labute approximate surface area is 114 Å². The summed E-state index contributed by atoms with van der Waals surface area (Å²) in [6.45, 7) is 1.59. The van der Waals surface area contributed by atoms with Crippen molar-refractivity contribution in [2.24, 2.45) is 4.99 Å². The predicted molar refractivity (Wildman–Crippen MR) is 72.4 cm³/mol. The molecule has 0 N–H and O–H groups in total. The average molecular weight is 286 g/mol. The molecule has 0 spiro atoms. The minimum absolute atomic E-state index is 0.551. The summed E-state index contributed by atoms with van der Waals surface area (Å²) in [6.07, 6.45) is 1.82. The number of nitrogens with zero attached hydrogens (tertiary/aromatic N) is 3. The monoisotopic (exact) mass is 285 g/mol. The van der Waals surface area contributed by atoms with Gasteiger partial charge in [-0.2, -0.15) is 5.26 Å². The molecule has 0 radical (unpaired) electrons. The van der Waals surface area contributed by atoms with Gasteiger partial charge in [-0.05, 0) is 17.7 Å². The van der Waals surface area contributed by atoms with Crippen LogP contribution in [0, 0.1) is 11.5 Å². The summed E-state index contributed by atoms with van der Waals surface area (Å²) < 4.78 is 0. The van der Waals surface area contributed by atoms with Crippen LogP contribution in [0.15, 0.2) is 23.2 Å². The Balaban J connectivity index is 2.13. The van der Waals surface area contributed by atoms with Gasteiger partial charge in [0.25, 0.3) is 0 Å². The van der Waals surface area contributed by atoms with Gasteiger partial charge in [-0.15, -0.1) is 4.99 Å². The minimum Gasteiger partial charge on any atom is -0.345 e. The topological polar surface area (TPSA) is 39.4 Å². The van der Waals surface area contributed by atoms with Gasteiger partial charge >= 0.3 is 0 Å². The van der Waals surface area contributed by atoms with Crippen molar-refractivity contribution in [2.75, 3.05) is 12.3 Å². The van der Waals surface area contributed by atoms with Crippen LogP contribution in [0.3, 0.4) is 0 Å². The van der Waals surface area contributed by atoms with Gasteiger partial charge in [-0.25, -0.2) is 0 Å². The molecule has 0 unspecified atom stereocenters. The Morgan fingerprint density at radius 3 is 2.94 bits per heavy atom. The van der Waals surface area contributed by atoms with E-state index in [1.165, 1.54) is 0 Å². The first-order valence-corrected chi connectivity index (χ1v) is 6.73. The number of hydrogen-bond donors (Lipinski definition) is 0. The molecule has 1 aromatic rings. The Morgan fingerprint density at radius 1 is 1.41 bits per heavy atom. The number of rotatable bonds is 2. The summed E-state index contributed by atoms with van der Waals surface area (Å²) in [5, 5.41) is 10.5. The summed E-state index contributed by atoms with van der Waals surface area (Å²) in [6, 6.07) is 5.56. The lowest BCUT2D eigenvalue weighted by molar-refractivity contribution is 0.457. The zero-order valence-corrected chi connectivity index (χ0v) is 11.2. The maximum atomic E-state index is 8.57. The van der Waals surface area contributed by atoms with Gasteiger partial charge < -0.3 is 4.90 Å². The molecule has 2 rings (SSSR count). The van der Waals surface area contributed by atoms with Crippen LogP contribution in [-0.4, -0.2) is 22.4 Å². The molecule has 0 aromatic heterocycles. The van der Waals surface area contributed by atoms with Crippen LogP contribution in [0.4, 0.5) is 0 Å². The third-order valence-corrected chi connectivity index (χ3v) is 4.10. The summed E-state index contributed by atoms with van der Waals surface area (Å²) >= 11 is 13.4. The van der Waals surface area contributed by atoms with Crippen LogP contribution < -0.4 is 0 Å². The molecule has 1 fully saturated rings. The molecule has 0 saturated carbocycles. The van der Waals surface area contributed by atoms with Crippen molar-refractivity contribution in [3.8, 4) is 6.19 Å². The first-order chi connectivity index (χ1) is 8.20. The number of nitriles is 1. The van der Waals surface area contributed by atoms with E-state index >= 15 is 0 Å². The highest BCUT2D eigenvalue weighted by Gasteiger charge is 2.19. The predicted octanol–water partition coefficient (Wildman–Crippen LogP) is 3.38. The molecule has 17 heavy (non-hydrogen) atoms. The third-order valence-electron chi connectivity index (χ3n) is 2.37. The van der Waals surface area contributed by atoms with Crippen molar-refractivity contribution < 1.29 is 0 Å². The number of amidine groups is 1. The summed E-state index contributed by atoms with van der Waals surface area (Å²) in [4.78, 5) is 5.86. The molecule has 0 atom stereocenters.